The van der Waals surface area contributed by atoms with Crippen LogP contribution in [0.15, 0.2) is 58.8 Å². The minimum Gasteiger partial charge on any atom is -0.486 e. The number of carbonyl (C=O) groups is 1. The van der Waals surface area contributed by atoms with Crippen molar-refractivity contribution in [3.8, 4) is 11.8 Å². The zero-order valence-electron chi connectivity index (χ0n) is 18.0. The number of carbonyl (C=O) groups excluding carboxylic acids is 1. The van der Waals surface area contributed by atoms with Gasteiger partial charge in [0.15, 0.2) is 0 Å². The molecule has 0 unspecified atom stereocenters. The molecule has 0 atom stereocenters. The summed E-state index contributed by atoms with van der Waals surface area (Å²) in [5.41, 5.74) is 1.34. The summed E-state index contributed by atoms with van der Waals surface area (Å²) in [7, 11) is -3.82. The molecule has 1 amide bonds. The third-order valence-electron chi connectivity index (χ3n) is 5.31. The van der Waals surface area contributed by atoms with Gasteiger partial charge in [-0.1, -0.05) is 24.3 Å². The van der Waals surface area contributed by atoms with Crippen molar-refractivity contribution >= 4 is 27.3 Å². The van der Waals surface area contributed by atoms with Gasteiger partial charge in [0.05, 0.1) is 26.7 Å². The number of para-hydroxylation sites is 1. The molecule has 0 N–H and O–H groups in total. The molecule has 1 aliphatic heterocycles. The van der Waals surface area contributed by atoms with Crippen LogP contribution >= 0.6 is 11.3 Å². The fraction of sp³-hybridized carbons (Fsp3) is 0.261. The van der Waals surface area contributed by atoms with E-state index in [0.29, 0.717) is 11.3 Å². The van der Waals surface area contributed by atoms with E-state index in [1.54, 1.807) is 41.3 Å². The highest BCUT2D eigenvalue weighted by Crippen LogP contribution is 2.24. The Balaban J connectivity index is 1.44. The van der Waals surface area contributed by atoms with E-state index in [1.807, 2.05) is 18.4 Å². The van der Waals surface area contributed by atoms with Crippen LogP contribution in [0.4, 0.5) is 0 Å². The van der Waals surface area contributed by atoms with Crippen LogP contribution in [0.3, 0.4) is 0 Å². The molecule has 0 bridgehead atoms. The Morgan fingerprint density at radius 2 is 1.82 bits per heavy atom. The fourth-order valence-corrected chi connectivity index (χ4v) is 5.78. The van der Waals surface area contributed by atoms with E-state index >= 15 is 0 Å². The van der Waals surface area contributed by atoms with Gasteiger partial charge in [0, 0.05) is 31.6 Å². The Labute approximate surface area is 196 Å². The second kappa shape index (κ2) is 9.70. The van der Waals surface area contributed by atoms with Crippen molar-refractivity contribution in [1.82, 2.24) is 14.2 Å². The first-order chi connectivity index (χ1) is 15.9. The lowest BCUT2D eigenvalue weighted by molar-refractivity contribution is 0.0693. The lowest BCUT2D eigenvalue weighted by Crippen LogP contribution is -2.50. The van der Waals surface area contributed by atoms with Crippen molar-refractivity contribution in [2.45, 2.75) is 18.4 Å². The van der Waals surface area contributed by atoms with Crippen LogP contribution in [0.25, 0.3) is 0 Å². The van der Waals surface area contributed by atoms with Gasteiger partial charge < -0.3 is 9.64 Å². The van der Waals surface area contributed by atoms with Crippen LogP contribution in [-0.4, -0.2) is 54.7 Å². The number of ether oxygens (including phenoxy) is 1. The summed E-state index contributed by atoms with van der Waals surface area (Å²) in [4.78, 5) is 19.2. The quantitative estimate of drug-likeness (QED) is 0.535. The first kappa shape index (κ1) is 22.9. The first-order valence-electron chi connectivity index (χ1n) is 10.3. The van der Waals surface area contributed by atoms with Gasteiger partial charge in [0.1, 0.15) is 18.4 Å². The zero-order chi connectivity index (χ0) is 23.4. The molecule has 1 aromatic heterocycles. The highest BCUT2D eigenvalue weighted by atomic mass is 32.2. The molecule has 1 aliphatic rings. The summed E-state index contributed by atoms with van der Waals surface area (Å²) in [6.45, 7) is 2.96. The average Bonchev–Trinajstić information content (AvgIpc) is 3.27. The average molecular weight is 483 g/mol. The number of rotatable bonds is 6. The van der Waals surface area contributed by atoms with Crippen LogP contribution in [0, 0.1) is 18.3 Å². The predicted octanol–water partition coefficient (Wildman–Crippen LogP) is 3.05. The van der Waals surface area contributed by atoms with Gasteiger partial charge in [0.2, 0.25) is 10.0 Å². The molecular weight excluding hydrogens is 460 g/mol. The summed E-state index contributed by atoms with van der Waals surface area (Å²) >= 11 is 1.54. The Morgan fingerprint density at radius 3 is 2.52 bits per heavy atom. The summed E-state index contributed by atoms with van der Waals surface area (Å²) in [5, 5.41) is 12.1. The molecule has 0 saturated carbocycles. The summed E-state index contributed by atoms with van der Waals surface area (Å²) < 4.78 is 33.3. The summed E-state index contributed by atoms with van der Waals surface area (Å²) in [6, 6.07) is 15.1. The van der Waals surface area contributed by atoms with Crippen molar-refractivity contribution in [3.63, 3.8) is 0 Å². The molecule has 2 aromatic carbocycles. The van der Waals surface area contributed by atoms with Gasteiger partial charge in [-0.15, -0.1) is 11.3 Å². The SMILES string of the molecule is Cc1nc(COc2ccccc2C(=O)N2CCN(S(=O)(=O)c3ccccc3C#N)CC2)cs1. The maximum Gasteiger partial charge on any atom is 0.257 e. The lowest BCUT2D eigenvalue weighted by atomic mass is 10.1. The summed E-state index contributed by atoms with van der Waals surface area (Å²) in [6.07, 6.45) is 0. The number of nitriles is 1. The number of benzene rings is 2. The Hall–Kier alpha value is -3.26. The second-order valence-electron chi connectivity index (χ2n) is 7.45. The largest absolute Gasteiger partial charge is 0.486 e. The number of amides is 1. The van der Waals surface area contributed by atoms with Crippen molar-refractivity contribution in [2.75, 3.05) is 26.2 Å². The standard InChI is InChI=1S/C23H22N4O4S2/c1-17-25-19(16-32-17)15-31-21-8-4-3-7-20(21)23(28)26-10-12-27(13-11-26)33(29,30)22-9-5-2-6-18(22)14-24/h2-9,16H,10-13,15H2,1H3. The van der Waals surface area contributed by atoms with Crippen LogP contribution in [0.2, 0.25) is 0 Å². The van der Waals surface area contributed by atoms with Gasteiger partial charge in [0.25, 0.3) is 5.91 Å². The maximum atomic E-state index is 13.2. The smallest absolute Gasteiger partial charge is 0.257 e. The van der Waals surface area contributed by atoms with Gasteiger partial charge >= 0.3 is 0 Å². The fourth-order valence-electron chi connectivity index (χ4n) is 3.62. The molecule has 3 aromatic rings. The first-order valence-corrected chi connectivity index (χ1v) is 12.6. The topological polar surface area (TPSA) is 104 Å². The molecule has 0 radical (unpaired) electrons. The highest BCUT2D eigenvalue weighted by Gasteiger charge is 2.32. The van der Waals surface area contributed by atoms with E-state index in [1.165, 1.54) is 27.8 Å². The van der Waals surface area contributed by atoms with E-state index in [4.69, 9.17) is 4.74 Å². The number of aryl methyl sites for hydroxylation is 1. The molecule has 8 nitrogen and oxygen atoms in total. The minimum atomic E-state index is -3.82. The van der Waals surface area contributed by atoms with Crippen LogP contribution in [0.5, 0.6) is 5.75 Å². The number of hydrogen-bond acceptors (Lipinski definition) is 7. The van der Waals surface area contributed by atoms with E-state index in [2.05, 4.69) is 4.98 Å². The van der Waals surface area contributed by atoms with E-state index < -0.39 is 10.0 Å². The van der Waals surface area contributed by atoms with E-state index in [9.17, 15) is 18.5 Å². The molecule has 33 heavy (non-hydrogen) atoms. The Kier molecular flexibility index (Phi) is 6.74. The van der Waals surface area contributed by atoms with Crippen LogP contribution in [0.1, 0.15) is 26.6 Å². The number of aromatic nitrogens is 1. The Bertz CT molecular complexity index is 1310. The second-order valence-corrected chi connectivity index (χ2v) is 10.4. The number of thiazole rings is 1. The van der Waals surface area contributed by atoms with Crippen molar-refractivity contribution in [3.05, 3.63) is 75.7 Å². The maximum absolute atomic E-state index is 13.2. The number of piperazine rings is 1. The van der Waals surface area contributed by atoms with Crippen molar-refractivity contribution in [2.24, 2.45) is 0 Å². The zero-order valence-corrected chi connectivity index (χ0v) is 19.6. The van der Waals surface area contributed by atoms with Crippen molar-refractivity contribution in [1.29, 1.82) is 5.26 Å². The Morgan fingerprint density at radius 1 is 1.12 bits per heavy atom. The monoisotopic (exact) mass is 482 g/mol. The van der Waals surface area contributed by atoms with Gasteiger partial charge in [-0.05, 0) is 31.2 Å². The van der Waals surface area contributed by atoms with Crippen LogP contribution in [-0.2, 0) is 16.6 Å². The molecule has 1 saturated heterocycles. The lowest BCUT2D eigenvalue weighted by Gasteiger charge is -2.34. The molecule has 10 heteroatoms. The predicted molar refractivity (Wildman–Crippen MR) is 123 cm³/mol. The molecule has 0 spiro atoms. The molecule has 1 fully saturated rings. The minimum absolute atomic E-state index is 0.0108. The number of sulfonamides is 1. The highest BCUT2D eigenvalue weighted by molar-refractivity contribution is 7.89. The summed E-state index contributed by atoms with van der Waals surface area (Å²) in [5.74, 6) is 0.251. The normalized spacial score (nSPS) is 14.6. The molecular formula is C23H22N4O4S2. The third kappa shape index (κ3) is 4.90. The molecule has 170 valence electrons. The molecule has 4 rings (SSSR count). The molecule has 0 aliphatic carbocycles. The van der Waals surface area contributed by atoms with E-state index in [0.717, 1.165) is 10.7 Å². The van der Waals surface area contributed by atoms with Gasteiger partial charge in [-0.25, -0.2) is 13.4 Å². The van der Waals surface area contributed by atoms with Gasteiger partial charge in [-0.2, -0.15) is 9.57 Å². The van der Waals surface area contributed by atoms with Crippen LogP contribution < -0.4 is 4.74 Å². The van der Waals surface area contributed by atoms with Gasteiger partial charge in [-0.3, -0.25) is 4.79 Å². The van der Waals surface area contributed by atoms with E-state index in [-0.39, 0.29) is 49.2 Å². The third-order valence-corrected chi connectivity index (χ3v) is 8.09. The van der Waals surface area contributed by atoms with Crippen molar-refractivity contribution < 1.29 is 17.9 Å². The number of nitrogens with zero attached hydrogens (tertiary/aromatic N) is 4. The molecule has 2 heterocycles. The number of hydrogen-bond donors (Lipinski definition) is 0.